The molecule has 0 aromatic carbocycles. The van der Waals surface area contributed by atoms with E-state index < -0.39 is 0 Å². The van der Waals surface area contributed by atoms with Crippen molar-refractivity contribution in [2.24, 2.45) is 0 Å². The first-order valence-corrected chi connectivity index (χ1v) is 7.95. The second-order valence-corrected chi connectivity index (χ2v) is 5.87. The zero-order valence-electron chi connectivity index (χ0n) is 12.6. The smallest absolute Gasteiger partial charge is 0.236 e. The van der Waals surface area contributed by atoms with Crippen molar-refractivity contribution in [2.75, 3.05) is 39.3 Å². The Kier molecular flexibility index (Phi) is 5.98. The lowest BCUT2D eigenvalue weighted by molar-refractivity contribution is -0.136. The maximum atomic E-state index is 12.4. The molecule has 0 spiro atoms. The highest BCUT2D eigenvalue weighted by atomic mass is 16.2. The second-order valence-electron chi connectivity index (χ2n) is 5.87. The molecular weight excluding hydrogens is 254 g/mol. The van der Waals surface area contributed by atoms with Gasteiger partial charge in [0.1, 0.15) is 5.78 Å². The average Bonchev–Trinajstić information content (AvgIpc) is 2.48. The standard InChI is InChI=1S/C15H27N3O2/c1-2-9-18(13-3-7-16-8-4-13)12-15(20)17-10-5-14(19)6-11-17/h13,16H,2-12H2,1H3. The van der Waals surface area contributed by atoms with Crippen LogP contribution in [0.3, 0.4) is 0 Å². The molecule has 2 aliphatic heterocycles. The Morgan fingerprint density at radius 2 is 1.95 bits per heavy atom. The van der Waals surface area contributed by atoms with Crippen molar-refractivity contribution in [1.29, 1.82) is 0 Å². The van der Waals surface area contributed by atoms with Gasteiger partial charge in [0.25, 0.3) is 0 Å². The summed E-state index contributed by atoms with van der Waals surface area (Å²) in [6, 6.07) is 0.534. The summed E-state index contributed by atoms with van der Waals surface area (Å²) in [6.07, 6.45) is 4.41. The molecule has 0 unspecified atom stereocenters. The molecule has 2 fully saturated rings. The Morgan fingerprint density at radius 1 is 1.30 bits per heavy atom. The number of carbonyl (C=O) groups is 2. The van der Waals surface area contributed by atoms with Crippen molar-refractivity contribution in [2.45, 2.75) is 45.1 Å². The van der Waals surface area contributed by atoms with Crippen LogP contribution in [0.2, 0.25) is 0 Å². The first-order valence-electron chi connectivity index (χ1n) is 7.95. The fourth-order valence-electron chi connectivity index (χ4n) is 3.13. The number of Topliss-reactive ketones (excluding diaryl/α,β-unsaturated/α-hetero) is 1. The summed E-state index contributed by atoms with van der Waals surface area (Å²) in [6.45, 7) is 7.01. The van der Waals surface area contributed by atoms with Crippen molar-refractivity contribution in [3.63, 3.8) is 0 Å². The van der Waals surface area contributed by atoms with Crippen LogP contribution in [0.15, 0.2) is 0 Å². The van der Waals surface area contributed by atoms with Gasteiger partial charge in [0.2, 0.25) is 5.91 Å². The van der Waals surface area contributed by atoms with Gasteiger partial charge < -0.3 is 10.2 Å². The number of hydrogen-bond donors (Lipinski definition) is 1. The third-order valence-electron chi connectivity index (χ3n) is 4.35. The van der Waals surface area contributed by atoms with Gasteiger partial charge in [-0.15, -0.1) is 0 Å². The summed E-state index contributed by atoms with van der Waals surface area (Å²) in [5.74, 6) is 0.488. The van der Waals surface area contributed by atoms with Gasteiger partial charge in [0.15, 0.2) is 0 Å². The Morgan fingerprint density at radius 3 is 2.55 bits per heavy atom. The number of nitrogens with one attached hydrogen (secondary N) is 1. The van der Waals surface area contributed by atoms with E-state index in [9.17, 15) is 9.59 Å². The Balaban J connectivity index is 1.86. The highest BCUT2D eigenvalue weighted by molar-refractivity contribution is 5.84. The van der Waals surface area contributed by atoms with E-state index in [1.165, 1.54) is 0 Å². The topological polar surface area (TPSA) is 52.7 Å². The van der Waals surface area contributed by atoms with Crippen LogP contribution in [0.4, 0.5) is 0 Å². The zero-order valence-corrected chi connectivity index (χ0v) is 12.6. The maximum absolute atomic E-state index is 12.4. The van der Waals surface area contributed by atoms with Gasteiger partial charge in [-0.1, -0.05) is 6.92 Å². The Bertz CT molecular complexity index is 330. The second kappa shape index (κ2) is 7.74. The largest absolute Gasteiger partial charge is 0.341 e. The van der Waals surface area contributed by atoms with Crippen LogP contribution in [0.25, 0.3) is 0 Å². The molecule has 1 amide bonds. The summed E-state index contributed by atoms with van der Waals surface area (Å²) in [5.41, 5.74) is 0. The van der Waals surface area contributed by atoms with Gasteiger partial charge in [-0.05, 0) is 38.9 Å². The van der Waals surface area contributed by atoms with Crippen molar-refractivity contribution in [3.8, 4) is 0 Å². The monoisotopic (exact) mass is 281 g/mol. The molecule has 0 radical (unpaired) electrons. The van der Waals surface area contributed by atoms with Crippen molar-refractivity contribution in [1.82, 2.24) is 15.1 Å². The van der Waals surface area contributed by atoms with E-state index in [2.05, 4.69) is 17.1 Å². The molecular formula is C15H27N3O2. The van der Waals surface area contributed by atoms with Crippen molar-refractivity contribution < 1.29 is 9.59 Å². The molecule has 0 atom stereocenters. The van der Waals surface area contributed by atoms with Gasteiger partial charge in [0, 0.05) is 32.0 Å². The van der Waals surface area contributed by atoms with Crippen LogP contribution in [-0.4, -0.2) is 66.8 Å². The van der Waals surface area contributed by atoms with Crippen LogP contribution < -0.4 is 5.32 Å². The molecule has 2 heterocycles. The Hall–Kier alpha value is -0.940. The summed E-state index contributed by atoms with van der Waals surface area (Å²) in [5, 5.41) is 3.37. The van der Waals surface area contributed by atoms with Gasteiger partial charge in [0.05, 0.1) is 6.54 Å². The fourth-order valence-corrected chi connectivity index (χ4v) is 3.13. The van der Waals surface area contributed by atoms with Crippen LogP contribution in [-0.2, 0) is 9.59 Å². The number of rotatable bonds is 5. The van der Waals surface area contributed by atoms with E-state index in [4.69, 9.17) is 0 Å². The summed E-state index contributed by atoms with van der Waals surface area (Å²) >= 11 is 0. The molecule has 20 heavy (non-hydrogen) atoms. The number of carbonyl (C=O) groups excluding carboxylic acids is 2. The third kappa shape index (κ3) is 4.28. The predicted octanol–water partition coefficient (Wildman–Crippen LogP) is 0.642. The van der Waals surface area contributed by atoms with Crippen molar-refractivity contribution in [3.05, 3.63) is 0 Å². The van der Waals surface area contributed by atoms with Crippen LogP contribution in [0, 0.1) is 0 Å². The summed E-state index contributed by atoms with van der Waals surface area (Å²) < 4.78 is 0. The molecule has 5 nitrogen and oxygen atoms in total. The number of ketones is 1. The highest BCUT2D eigenvalue weighted by Gasteiger charge is 2.26. The molecule has 0 aromatic rings. The van der Waals surface area contributed by atoms with Gasteiger partial charge in [-0.2, -0.15) is 0 Å². The van der Waals surface area contributed by atoms with Crippen molar-refractivity contribution >= 4 is 11.7 Å². The van der Waals surface area contributed by atoms with E-state index in [1.54, 1.807) is 0 Å². The molecule has 0 saturated carbocycles. The minimum absolute atomic E-state index is 0.199. The SMILES string of the molecule is CCCN(CC(=O)N1CCC(=O)CC1)C1CCNCC1. The average molecular weight is 281 g/mol. The lowest BCUT2D eigenvalue weighted by Crippen LogP contribution is -2.49. The van der Waals surface area contributed by atoms with Crippen LogP contribution in [0.5, 0.6) is 0 Å². The Labute approximate surface area is 121 Å². The van der Waals surface area contributed by atoms with Crippen LogP contribution >= 0.6 is 0 Å². The zero-order chi connectivity index (χ0) is 14.4. The maximum Gasteiger partial charge on any atom is 0.236 e. The van der Waals surface area contributed by atoms with Gasteiger partial charge in [-0.25, -0.2) is 0 Å². The van der Waals surface area contributed by atoms with Gasteiger partial charge >= 0.3 is 0 Å². The fraction of sp³-hybridized carbons (Fsp3) is 0.867. The lowest BCUT2D eigenvalue weighted by Gasteiger charge is -2.36. The van der Waals surface area contributed by atoms with E-state index in [0.29, 0.717) is 38.5 Å². The molecule has 2 aliphatic rings. The quantitative estimate of drug-likeness (QED) is 0.803. The van der Waals surface area contributed by atoms with Crippen LogP contribution in [0.1, 0.15) is 39.0 Å². The van der Waals surface area contributed by atoms with E-state index >= 15 is 0 Å². The first kappa shape index (κ1) is 15.4. The molecule has 0 aromatic heterocycles. The van der Waals surface area contributed by atoms with E-state index in [0.717, 1.165) is 38.9 Å². The number of nitrogens with zero attached hydrogens (tertiary/aromatic N) is 2. The molecule has 2 saturated heterocycles. The molecule has 2 rings (SSSR count). The van der Waals surface area contributed by atoms with Gasteiger partial charge in [-0.3, -0.25) is 14.5 Å². The highest BCUT2D eigenvalue weighted by Crippen LogP contribution is 2.14. The molecule has 114 valence electrons. The molecule has 1 N–H and O–H groups in total. The number of piperidine rings is 2. The number of hydrogen-bond acceptors (Lipinski definition) is 4. The molecule has 5 heteroatoms. The number of amides is 1. The van der Waals surface area contributed by atoms with E-state index in [-0.39, 0.29) is 11.7 Å². The first-order chi connectivity index (χ1) is 9.70. The normalized spacial score (nSPS) is 21.5. The van der Waals surface area contributed by atoms with E-state index in [1.807, 2.05) is 4.90 Å². The molecule has 0 aliphatic carbocycles. The minimum Gasteiger partial charge on any atom is -0.341 e. The summed E-state index contributed by atoms with van der Waals surface area (Å²) in [4.78, 5) is 27.9. The minimum atomic E-state index is 0.199. The lowest BCUT2D eigenvalue weighted by atomic mass is 10.0. The number of likely N-dealkylation sites (tertiary alicyclic amines) is 1. The third-order valence-corrected chi connectivity index (χ3v) is 4.35. The predicted molar refractivity (Wildman–Crippen MR) is 78.6 cm³/mol. The summed E-state index contributed by atoms with van der Waals surface area (Å²) in [7, 11) is 0. The molecule has 0 bridgehead atoms.